The van der Waals surface area contributed by atoms with E-state index in [4.69, 9.17) is 0 Å². The summed E-state index contributed by atoms with van der Waals surface area (Å²) in [7, 11) is 0. The summed E-state index contributed by atoms with van der Waals surface area (Å²) in [4.78, 5) is 0. The van der Waals surface area contributed by atoms with Gasteiger partial charge in [0.05, 0.1) is 0 Å². The molecule has 2 unspecified atom stereocenters. The summed E-state index contributed by atoms with van der Waals surface area (Å²) in [5, 5.41) is 2.67. The summed E-state index contributed by atoms with van der Waals surface area (Å²) in [6, 6.07) is 24.7. The standard InChI is InChI=1S/C25H30/c1-5-19(4)25(24-13-9-8-12-23(24)18(2)3)17-20-14-15-21-10-6-7-11-22(21)16-20/h6-16,18-19,25H,5,17H2,1-4H3. The molecule has 0 amide bonds. The fourth-order valence-corrected chi connectivity index (χ4v) is 3.90. The highest BCUT2D eigenvalue weighted by molar-refractivity contribution is 5.83. The molecule has 0 spiro atoms. The van der Waals surface area contributed by atoms with Crippen LogP contribution in [-0.4, -0.2) is 0 Å². The van der Waals surface area contributed by atoms with E-state index in [9.17, 15) is 0 Å². The zero-order valence-corrected chi connectivity index (χ0v) is 16.0. The Morgan fingerprint density at radius 2 is 1.36 bits per heavy atom. The van der Waals surface area contributed by atoms with E-state index in [0.29, 0.717) is 17.8 Å². The van der Waals surface area contributed by atoms with Crippen LogP contribution in [-0.2, 0) is 6.42 Å². The first-order valence-electron chi connectivity index (χ1n) is 9.66. The summed E-state index contributed by atoms with van der Waals surface area (Å²) in [5.41, 5.74) is 4.50. The van der Waals surface area contributed by atoms with Gasteiger partial charge < -0.3 is 0 Å². The Balaban J connectivity index is 1.99. The van der Waals surface area contributed by atoms with Gasteiger partial charge in [-0.3, -0.25) is 0 Å². The van der Waals surface area contributed by atoms with Crippen LogP contribution in [0, 0.1) is 5.92 Å². The monoisotopic (exact) mass is 330 g/mol. The van der Waals surface area contributed by atoms with Gasteiger partial charge in [0.25, 0.3) is 0 Å². The van der Waals surface area contributed by atoms with Gasteiger partial charge in [0.15, 0.2) is 0 Å². The van der Waals surface area contributed by atoms with E-state index >= 15 is 0 Å². The van der Waals surface area contributed by atoms with Crippen molar-refractivity contribution in [3.63, 3.8) is 0 Å². The van der Waals surface area contributed by atoms with Gasteiger partial charge in [0.1, 0.15) is 0 Å². The molecule has 0 aliphatic rings. The molecule has 0 N–H and O–H groups in total. The highest BCUT2D eigenvalue weighted by atomic mass is 14.3. The second-order valence-electron chi connectivity index (χ2n) is 7.66. The minimum Gasteiger partial charge on any atom is -0.0651 e. The molecule has 0 saturated carbocycles. The van der Waals surface area contributed by atoms with Crippen molar-refractivity contribution in [2.75, 3.05) is 0 Å². The van der Waals surface area contributed by atoms with E-state index in [1.54, 1.807) is 5.56 Å². The number of benzene rings is 3. The molecule has 0 fully saturated rings. The summed E-state index contributed by atoms with van der Waals surface area (Å²) in [6.45, 7) is 9.34. The van der Waals surface area contributed by atoms with Gasteiger partial charge in [-0.15, -0.1) is 0 Å². The number of rotatable bonds is 6. The zero-order valence-electron chi connectivity index (χ0n) is 16.0. The van der Waals surface area contributed by atoms with E-state index in [0.717, 1.165) is 6.42 Å². The molecule has 0 nitrogen and oxygen atoms in total. The Morgan fingerprint density at radius 3 is 2.04 bits per heavy atom. The van der Waals surface area contributed by atoms with Crippen LogP contribution in [0.1, 0.15) is 62.6 Å². The van der Waals surface area contributed by atoms with Crippen molar-refractivity contribution in [2.24, 2.45) is 5.92 Å². The first kappa shape index (κ1) is 17.7. The average molecular weight is 331 g/mol. The molecule has 0 aliphatic heterocycles. The average Bonchev–Trinajstić information content (AvgIpc) is 2.65. The number of hydrogen-bond acceptors (Lipinski definition) is 0. The molecule has 3 aromatic rings. The fraction of sp³-hybridized carbons (Fsp3) is 0.360. The van der Waals surface area contributed by atoms with E-state index in [1.807, 2.05) is 0 Å². The Hall–Kier alpha value is -2.08. The highest BCUT2D eigenvalue weighted by Crippen LogP contribution is 2.35. The fourth-order valence-electron chi connectivity index (χ4n) is 3.90. The second kappa shape index (κ2) is 7.87. The van der Waals surface area contributed by atoms with Gasteiger partial charge in [-0.05, 0) is 51.6 Å². The Labute approximate surface area is 152 Å². The van der Waals surface area contributed by atoms with E-state index in [2.05, 4.69) is 94.4 Å². The van der Waals surface area contributed by atoms with Crippen LogP contribution < -0.4 is 0 Å². The molecular weight excluding hydrogens is 300 g/mol. The lowest BCUT2D eigenvalue weighted by molar-refractivity contribution is 0.439. The smallest absolute Gasteiger partial charge is 0.00930 e. The maximum Gasteiger partial charge on any atom is -0.00930 e. The number of hydrogen-bond donors (Lipinski definition) is 0. The largest absolute Gasteiger partial charge is 0.0651 e. The normalized spacial score (nSPS) is 14.0. The van der Waals surface area contributed by atoms with Crippen LogP contribution in [0.4, 0.5) is 0 Å². The molecule has 0 bridgehead atoms. The second-order valence-corrected chi connectivity index (χ2v) is 7.66. The topological polar surface area (TPSA) is 0 Å². The highest BCUT2D eigenvalue weighted by Gasteiger charge is 2.22. The maximum absolute atomic E-state index is 2.41. The van der Waals surface area contributed by atoms with Crippen molar-refractivity contribution < 1.29 is 0 Å². The van der Waals surface area contributed by atoms with Crippen molar-refractivity contribution in [1.82, 2.24) is 0 Å². The molecule has 3 rings (SSSR count). The van der Waals surface area contributed by atoms with Crippen LogP contribution in [0.3, 0.4) is 0 Å². The molecule has 2 atom stereocenters. The predicted octanol–water partition coefficient (Wildman–Crippen LogP) is 7.34. The molecule has 0 radical (unpaired) electrons. The summed E-state index contributed by atoms with van der Waals surface area (Å²) in [5.74, 6) is 1.82. The van der Waals surface area contributed by atoms with Crippen LogP contribution in [0.2, 0.25) is 0 Å². The molecule has 0 saturated heterocycles. The van der Waals surface area contributed by atoms with Gasteiger partial charge in [0, 0.05) is 0 Å². The number of fused-ring (bicyclic) bond motifs is 1. The minimum atomic E-state index is 0.569. The molecule has 25 heavy (non-hydrogen) atoms. The Bertz CT molecular complexity index is 828. The van der Waals surface area contributed by atoms with Crippen LogP contribution >= 0.6 is 0 Å². The van der Waals surface area contributed by atoms with Gasteiger partial charge in [-0.1, -0.05) is 101 Å². The van der Waals surface area contributed by atoms with Crippen LogP contribution in [0.15, 0.2) is 66.7 Å². The molecular formula is C25H30. The third-order valence-corrected chi connectivity index (χ3v) is 5.62. The van der Waals surface area contributed by atoms with Crippen LogP contribution in [0.5, 0.6) is 0 Å². The Kier molecular flexibility index (Phi) is 5.58. The first-order chi connectivity index (χ1) is 12.1. The summed E-state index contributed by atoms with van der Waals surface area (Å²) < 4.78 is 0. The third kappa shape index (κ3) is 3.95. The predicted molar refractivity (Wildman–Crippen MR) is 110 cm³/mol. The lowest BCUT2D eigenvalue weighted by atomic mass is 9.77. The summed E-state index contributed by atoms with van der Waals surface area (Å²) >= 11 is 0. The molecule has 0 heteroatoms. The first-order valence-corrected chi connectivity index (χ1v) is 9.66. The van der Waals surface area contributed by atoms with Crippen molar-refractivity contribution in [3.05, 3.63) is 83.4 Å². The van der Waals surface area contributed by atoms with Gasteiger partial charge >= 0.3 is 0 Å². The van der Waals surface area contributed by atoms with Gasteiger partial charge in [-0.25, -0.2) is 0 Å². The van der Waals surface area contributed by atoms with Crippen LogP contribution in [0.25, 0.3) is 10.8 Å². The zero-order chi connectivity index (χ0) is 17.8. The minimum absolute atomic E-state index is 0.569. The van der Waals surface area contributed by atoms with E-state index in [-0.39, 0.29) is 0 Å². The molecule has 0 aromatic heterocycles. The van der Waals surface area contributed by atoms with Crippen molar-refractivity contribution in [1.29, 1.82) is 0 Å². The van der Waals surface area contributed by atoms with Gasteiger partial charge in [-0.2, -0.15) is 0 Å². The summed E-state index contributed by atoms with van der Waals surface area (Å²) in [6.07, 6.45) is 2.33. The molecule has 0 heterocycles. The molecule has 3 aromatic carbocycles. The van der Waals surface area contributed by atoms with Crippen molar-refractivity contribution in [3.8, 4) is 0 Å². The van der Waals surface area contributed by atoms with Crippen molar-refractivity contribution in [2.45, 2.75) is 52.4 Å². The quantitative estimate of drug-likeness (QED) is 0.443. The molecule has 0 aliphatic carbocycles. The maximum atomic E-state index is 2.41. The lowest BCUT2D eigenvalue weighted by Gasteiger charge is -2.27. The van der Waals surface area contributed by atoms with E-state index < -0.39 is 0 Å². The van der Waals surface area contributed by atoms with Crippen molar-refractivity contribution >= 4 is 10.8 Å². The SMILES string of the molecule is CCC(C)C(Cc1ccc2ccccc2c1)c1ccccc1C(C)C. The van der Waals surface area contributed by atoms with Gasteiger partial charge in [0.2, 0.25) is 0 Å². The Morgan fingerprint density at radius 1 is 0.720 bits per heavy atom. The van der Waals surface area contributed by atoms with E-state index in [1.165, 1.54) is 28.3 Å². The lowest BCUT2D eigenvalue weighted by Crippen LogP contribution is -2.15. The third-order valence-electron chi connectivity index (χ3n) is 5.62. The molecule has 130 valence electrons.